The second kappa shape index (κ2) is 13.7. The molecule has 1 atom stereocenters. The molecule has 2 amide bonds. The van der Waals surface area contributed by atoms with Crippen molar-refractivity contribution in [3.8, 4) is 23.2 Å². The minimum atomic E-state index is -0.479. The third-order valence-corrected chi connectivity index (χ3v) is 7.76. The van der Waals surface area contributed by atoms with E-state index in [9.17, 15) is 14.9 Å². The van der Waals surface area contributed by atoms with Crippen molar-refractivity contribution in [1.29, 1.82) is 5.26 Å². The maximum Gasteiger partial charge on any atom is 0.410 e. The number of ether oxygens (including phenoxy) is 2. The van der Waals surface area contributed by atoms with Gasteiger partial charge >= 0.3 is 6.09 Å². The van der Waals surface area contributed by atoms with Crippen LogP contribution in [0.2, 0.25) is 0 Å². The average molecular weight is 614 g/mol. The summed E-state index contributed by atoms with van der Waals surface area (Å²) in [5.41, 5.74) is 2.25. The van der Waals surface area contributed by atoms with Crippen molar-refractivity contribution in [2.45, 2.75) is 19.1 Å². The van der Waals surface area contributed by atoms with Crippen LogP contribution in [-0.4, -0.2) is 64.6 Å². The number of nitrogens with zero attached hydrogens (tertiary/aromatic N) is 6. The van der Waals surface area contributed by atoms with Gasteiger partial charge in [0.05, 0.1) is 31.3 Å². The fourth-order valence-corrected chi connectivity index (χ4v) is 5.41. The molecule has 5 aromatic rings. The third kappa shape index (κ3) is 6.71. The molecule has 11 nitrogen and oxygen atoms in total. The number of carbonyl (C=O) groups is 2. The monoisotopic (exact) mass is 613 g/mol. The summed E-state index contributed by atoms with van der Waals surface area (Å²) < 4.78 is 11.0. The van der Waals surface area contributed by atoms with Crippen LogP contribution in [-0.2, 0) is 11.3 Å². The smallest absolute Gasteiger partial charge is 0.410 e. The summed E-state index contributed by atoms with van der Waals surface area (Å²) >= 11 is 0. The number of methoxy groups -OCH3 is 1. The van der Waals surface area contributed by atoms with Gasteiger partial charge in [-0.25, -0.2) is 14.8 Å². The number of hydrogen-bond donors (Lipinski definition) is 1. The molecular weight excluding hydrogens is 582 g/mol. The van der Waals surface area contributed by atoms with Gasteiger partial charge in [-0.1, -0.05) is 54.6 Å². The van der Waals surface area contributed by atoms with E-state index in [1.54, 1.807) is 42.6 Å². The first-order chi connectivity index (χ1) is 22.5. The molecule has 0 unspecified atom stereocenters. The van der Waals surface area contributed by atoms with E-state index in [0.717, 1.165) is 16.3 Å². The van der Waals surface area contributed by atoms with Crippen molar-refractivity contribution < 1.29 is 19.1 Å². The molecule has 1 saturated heterocycles. The Balaban J connectivity index is 1.28. The molecule has 1 aliphatic heterocycles. The van der Waals surface area contributed by atoms with Gasteiger partial charge in [-0.05, 0) is 29.1 Å². The fourth-order valence-electron chi connectivity index (χ4n) is 5.41. The number of fused-ring (bicyclic) bond motifs is 1. The van der Waals surface area contributed by atoms with Gasteiger partial charge in [-0.3, -0.25) is 9.78 Å². The van der Waals surface area contributed by atoms with Gasteiger partial charge in [0.2, 0.25) is 0 Å². The van der Waals surface area contributed by atoms with Crippen LogP contribution in [0.5, 0.6) is 5.75 Å². The first kappa shape index (κ1) is 30.0. The van der Waals surface area contributed by atoms with Crippen molar-refractivity contribution in [2.24, 2.45) is 0 Å². The highest BCUT2D eigenvalue weighted by Crippen LogP contribution is 2.30. The van der Waals surface area contributed by atoms with Crippen LogP contribution >= 0.6 is 0 Å². The molecule has 1 N–H and O–H groups in total. The van der Waals surface area contributed by atoms with Crippen molar-refractivity contribution >= 4 is 34.3 Å². The van der Waals surface area contributed by atoms with Crippen LogP contribution in [0.3, 0.4) is 0 Å². The second-order valence-corrected chi connectivity index (χ2v) is 10.7. The maximum absolute atomic E-state index is 13.8. The zero-order chi connectivity index (χ0) is 31.9. The highest BCUT2D eigenvalue weighted by Gasteiger charge is 2.33. The number of nitrogens with one attached hydrogen (secondary N) is 1. The summed E-state index contributed by atoms with van der Waals surface area (Å²) in [7, 11) is 1.58. The number of carbonyl (C=O) groups excluding carboxylic acids is 2. The summed E-state index contributed by atoms with van der Waals surface area (Å²) in [6, 6.07) is 27.8. The van der Waals surface area contributed by atoms with Gasteiger partial charge in [-0.15, -0.1) is 0 Å². The van der Waals surface area contributed by atoms with Crippen LogP contribution in [0.1, 0.15) is 22.5 Å². The highest BCUT2D eigenvalue weighted by molar-refractivity contribution is 6.09. The first-order valence-electron chi connectivity index (χ1n) is 14.8. The Hall–Kier alpha value is -6.02. The van der Waals surface area contributed by atoms with Gasteiger partial charge in [0, 0.05) is 55.1 Å². The number of rotatable bonds is 8. The van der Waals surface area contributed by atoms with Gasteiger partial charge in [0.15, 0.2) is 5.82 Å². The lowest BCUT2D eigenvalue weighted by atomic mass is 10.1. The number of anilines is 2. The lowest BCUT2D eigenvalue weighted by molar-refractivity contribution is 0.0768. The molecule has 0 bridgehead atoms. The van der Waals surface area contributed by atoms with Crippen molar-refractivity contribution in [3.63, 3.8) is 0 Å². The topological polar surface area (TPSA) is 134 Å². The fraction of sp³-hybridized carbons (Fsp3) is 0.200. The van der Waals surface area contributed by atoms with Gasteiger partial charge in [-0.2, -0.15) is 5.26 Å². The predicted octanol–water partition coefficient (Wildman–Crippen LogP) is 5.69. The van der Waals surface area contributed by atoms with E-state index in [-0.39, 0.29) is 18.7 Å². The molecule has 3 aromatic carbocycles. The Kier molecular flexibility index (Phi) is 8.97. The zero-order valence-corrected chi connectivity index (χ0v) is 25.2. The SMILES string of the molecule is COc1cc(NC(=O)c2cc(N3CCN(C(=O)OCc4ccccc4)[C@@H](CC#N)C3)nc(-c3cccnc3)n2)c2ccccc2c1. The Morgan fingerprint density at radius 3 is 2.61 bits per heavy atom. The molecule has 6 rings (SSSR count). The minimum Gasteiger partial charge on any atom is -0.497 e. The van der Waals surface area contributed by atoms with Crippen LogP contribution in [0.4, 0.5) is 16.3 Å². The molecule has 2 aromatic heterocycles. The standard InChI is InChI=1S/C35H31N7O4/c1-45-28-18-25-10-5-6-12-29(25)30(19-28)39-34(43)31-20-32(40-33(38-31)26-11-7-15-37-21-26)41-16-17-42(27(22-41)13-14-36)35(44)46-23-24-8-3-2-4-9-24/h2-12,15,18-21,27H,13,16-17,22-23H2,1H3,(H,39,43)/t27-/m0/s1. The summed E-state index contributed by atoms with van der Waals surface area (Å²) in [5.74, 6) is 1.00. The van der Waals surface area contributed by atoms with Crippen LogP contribution in [0.15, 0.2) is 97.3 Å². The second-order valence-electron chi connectivity index (χ2n) is 10.7. The predicted molar refractivity (Wildman–Crippen MR) is 173 cm³/mol. The Labute approximate surface area is 266 Å². The molecule has 230 valence electrons. The van der Waals surface area contributed by atoms with Crippen LogP contribution in [0, 0.1) is 11.3 Å². The number of benzene rings is 3. The Morgan fingerprint density at radius 2 is 1.83 bits per heavy atom. The molecule has 0 saturated carbocycles. The van der Waals surface area contributed by atoms with E-state index in [1.807, 2.05) is 71.6 Å². The van der Waals surface area contributed by atoms with Gasteiger partial charge in [0.1, 0.15) is 23.9 Å². The van der Waals surface area contributed by atoms with Gasteiger partial charge < -0.3 is 24.6 Å². The van der Waals surface area contributed by atoms with Crippen molar-refractivity contribution in [3.05, 3.63) is 109 Å². The van der Waals surface area contributed by atoms with E-state index >= 15 is 0 Å². The average Bonchev–Trinajstić information content (AvgIpc) is 3.11. The van der Waals surface area contributed by atoms with E-state index in [0.29, 0.717) is 48.3 Å². The van der Waals surface area contributed by atoms with Gasteiger partial charge in [0.25, 0.3) is 5.91 Å². The molecule has 3 heterocycles. The number of hydrogen-bond acceptors (Lipinski definition) is 9. The number of pyridine rings is 1. The Morgan fingerprint density at radius 1 is 1.00 bits per heavy atom. The number of nitriles is 1. The van der Waals surface area contributed by atoms with Crippen molar-refractivity contribution in [2.75, 3.05) is 37.0 Å². The van der Waals surface area contributed by atoms with Crippen LogP contribution in [0.25, 0.3) is 22.2 Å². The minimum absolute atomic E-state index is 0.105. The molecule has 0 aliphatic carbocycles. The highest BCUT2D eigenvalue weighted by atomic mass is 16.6. The zero-order valence-electron chi connectivity index (χ0n) is 25.2. The Bertz CT molecular complexity index is 1900. The van der Waals surface area contributed by atoms with Crippen LogP contribution < -0.4 is 15.0 Å². The normalized spacial score (nSPS) is 14.4. The summed E-state index contributed by atoms with van der Waals surface area (Å²) in [6.07, 6.45) is 2.91. The molecule has 11 heteroatoms. The number of aromatic nitrogens is 3. The van der Waals surface area contributed by atoms with E-state index < -0.39 is 18.0 Å². The summed E-state index contributed by atoms with van der Waals surface area (Å²) in [5, 5.41) is 14.4. The lowest BCUT2D eigenvalue weighted by Gasteiger charge is -2.40. The first-order valence-corrected chi connectivity index (χ1v) is 14.8. The third-order valence-electron chi connectivity index (χ3n) is 7.76. The molecule has 0 radical (unpaired) electrons. The van der Waals surface area contributed by atoms with E-state index in [2.05, 4.69) is 21.4 Å². The van der Waals surface area contributed by atoms with E-state index in [4.69, 9.17) is 14.5 Å². The molecule has 46 heavy (non-hydrogen) atoms. The number of amides is 2. The summed E-state index contributed by atoms with van der Waals surface area (Å²) in [4.78, 5) is 44.0. The maximum atomic E-state index is 13.8. The summed E-state index contributed by atoms with van der Waals surface area (Å²) in [6.45, 7) is 1.18. The molecular formula is C35H31N7O4. The van der Waals surface area contributed by atoms with E-state index in [1.165, 1.54) is 0 Å². The quantitative estimate of drug-likeness (QED) is 0.234. The molecule has 0 spiro atoms. The lowest BCUT2D eigenvalue weighted by Crippen LogP contribution is -2.55. The largest absolute Gasteiger partial charge is 0.497 e. The number of piperazine rings is 1. The van der Waals surface area contributed by atoms with Crippen molar-refractivity contribution in [1.82, 2.24) is 19.9 Å². The molecule has 1 fully saturated rings. The molecule has 1 aliphatic rings.